The topological polar surface area (TPSA) is 96.4 Å². The molecule has 2 aromatic rings. The Morgan fingerprint density at radius 3 is 2.32 bits per heavy atom. The normalized spacial score (nSPS) is 10.8. The van der Waals surface area contributed by atoms with Gasteiger partial charge in [0.25, 0.3) is 6.73 Å². The number of nitrogens with zero attached hydrogens (tertiary/aromatic N) is 3. The summed E-state index contributed by atoms with van der Waals surface area (Å²) in [6.07, 6.45) is 6.53. The lowest BCUT2D eigenvalue weighted by Gasteiger charge is -2.02. The molecular weight excluding hydrogens is 293 g/mol. The quantitative estimate of drug-likeness (QED) is 0.479. The third kappa shape index (κ3) is 5.02. The minimum Gasteiger partial charge on any atom is -1.00 e. The van der Waals surface area contributed by atoms with Crippen LogP contribution in [0.2, 0.25) is 0 Å². The van der Waals surface area contributed by atoms with Gasteiger partial charge in [-0.2, -0.15) is 4.57 Å². The fraction of sp³-hybridized carbons (Fsp3) is 0.100. The molecule has 7 nitrogen and oxygen atoms in total. The van der Waals surface area contributed by atoms with E-state index in [9.17, 15) is 4.57 Å². The van der Waals surface area contributed by atoms with Crippen LogP contribution in [0, 0.1) is 0 Å². The second kappa shape index (κ2) is 6.70. The molecule has 0 aliphatic rings. The van der Waals surface area contributed by atoms with Gasteiger partial charge in [-0.3, -0.25) is 0 Å². The Hall–Kier alpha value is -1.37. The zero-order valence-corrected chi connectivity index (χ0v) is 11.3. The maximum Gasteiger partial charge on any atom is 0.474 e. The Kier molecular flexibility index (Phi) is 5.53. The highest BCUT2D eigenvalue weighted by Crippen LogP contribution is 2.35. The second-order valence-corrected chi connectivity index (χ2v) is 4.66. The SMILES string of the molecule is O=P(O)(O)OC[n+]1ccc(-c2ncccn2)cc1.[Cl-]. The largest absolute Gasteiger partial charge is 1.00 e. The zero-order chi connectivity index (χ0) is 13.0. The summed E-state index contributed by atoms with van der Waals surface area (Å²) >= 11 is 0. The Balaban J connectivity index is 0.00000180. The standard InChI is InChI=1S/C10H10N3O4P.ClH/c14-18(15,16)17-8-13-6-2-9(3-7-13)10-11-4-1-5-12-10;/h1-7H,8H2,(H-,14,15,16);1H. The van der Waals surface area contributed by atoms with Gasteiger partial charge < -0.3 is 22.2 Å². The molecule has 0 saturated heterocycles. The van der Waals surface area contributed by atoms with Crippen LogP contribution < -0.4 is 17.0 Å². The molecule has 0 radical (unpaired) electrons. The first kappa shape index (κ1) is 15.7. The van der Waals surface area contributed by atoms with Crippen molar-refractivity contribution in [3.8, 4) is 11.4 Å². The number of phosphoric ester groups is 1. The average Bonchev–Trinajstić information content (AvgIpc) is 2.37. The highest BCUT2D eigenvalue weighted by molar-refractivity contribution is 7.46. The molecule has 0 aromatic carbocycles. The summed E-state index contributed by atoms with van der Waals surface area (Å²) in [7, 11) is -4.45. The van der Waals surface area contributed by atoms with Crippen molar-refractivity contribution in [2.24, 2.45) is 0 Å². The molecule has 0 unspecified atom stereocenters. The van der Waals surface area contributed by atoms with E-state index in [2.05, 4.69) is 14.5 Å². The highest BCUT2D eigenvalue weighted by atomic mass is 35.5. The smallest absolute Gasteiger partial charge is 0.474 e. The van der Waals surface area contributed by atoms with Crippen LogP contribution in [0.25, 0.3) is 11.4 Å². The van der Waals surface area contributed by atoms with E-state index in [0.717, 1.165) is 5.56 Å². The van der Waals surface area contributed by atoms with Gasteiger partial charge in [-0.15, -0.1) is 0 Å². The van der Waals surface area contributed by atoms with Gasteiger partial charge >= 0.3 is 7.82 Å². The van der Waals surface area contributed by atoms with E-state index in [0.29, 0.717) is 5.82 Å². The highest BCUT2D eigenvalue weighted by Gasteiger charge is 2.16. The maximum absolute atomic E-state index is 10.5. The number of pyridine rings is 1. The molecule has 0 bridgehead atoms. The van der Waals surface area contributed by atoms with E-state index < -0.39 is 7.82 Å². The van der Waals surface area contributed by atoms with Crippen molar-refractivity contribution >= 4 is 7.82 Å². The van der Waals surface area contributed by atoms with Gasteiger partial charge in [-0.1, -0.05) is 0 Å². The minimum atomic E-state index is -4.45. The Morgan fingerprint density at radius 2 is 1.79 bits per heavy atom. The summed E-state index contributed by atoms with van der Waals surface area (Å²) in [5.74, 6) is 0.584. The van der Waals surface area contributed by atoms with Crippen LogP contribution in [0.4, 0.5) is 0 Å². The van der Waals surface area contributed by atoms with Gasteiger partial charge in [-0.25, -0.2) is 19.1 Å². The van der Waals surface area contributed by atoms with Crippen molar-refractivity contribution in [3.63, 3.8) is 0 Å². The van der Waals surface area contributed by atoms with E-state index in [-0.39, 0.29) is 19.1 Å². The second-order valence-electron chi connectivity index (χ2n) is 3.42. The molecule has 2 N–H and O–H groups in total. The van der Waals surface area contributed by atoms with Gasteiger partial charge in [0.15, 0.2) is 18.2 Å². The van der Waals surface area contributed by atoms with Gasteiger partial charge in [-0.05, 0) is 6.07 Å². The van der Waals surface area contributed by atoms with Crippen LogP contribution in [-0.2, 0) is 15.8 Å². The molecule has 0 aliphatic carbocycles. The van der Waals surface area contributed by atoms with Crippen LogP contribution in [-0.4, -0.2) is 19.8 Å². The molecular formula is C10H11ClN3O4P. The van der Waals surface area contributed by atoms with Crippen molar-refractivity contribution in [1.29, 1.82) is 0 Å². The Bertz CT molecular complexity index is 561. The van der Waals surface area contributed by atoms with E-state index in [4.69, 9.17) is 9.79 Å². The molecule has 102 valence electrons. The number of rotatable bonds is 4. The fourth-order valence-electron chi connectivity index (χ4n) is 1.28. The first-order chi connectivity index (χ1) is 8.54. The summed E-state index contributed by atoms with van der Waals surface area (Å²) in [5, 5.41) is 0. The first-order valence-corrected chi connectivity index (χ1v) is 6.54. The summed E-state index contributed by atoms with van der Waals surface area (Å²) < 4.78 is 16.4. The fourth-order valence-corrected chi connectivity index (χ4v) is 1.57. The van der Waals surface area contributed by atoms with Crippen molar-refractivity contribution in [1.82, 2.24) is 9.97 Å². The van der Waals surface area contributed by atoms with E-state index >= 15 is 0 Å². The summed E-state index contributed by atoms with van der Waals surface area (Å²) in [4.78, 5) is 25.3. The number of hydrogen-bond acceptors (Lipinski definition) is 4. The molecule has 2 aromatic heterocycles. The molecule has 0 atom stereocenters. The van der Waals surface area contributed by atoms with Crippen LogP contribution in [0.3, 0.4) is 0 Å². The van der Waals surface area contributed by atoms with Crippen LogP contribution in [0.1, 0.15) is 0 Å². The van der Waals surface area contributed by atoms with Crippen molar-refractivity contribution in [3.05, 3.63) is 43.0 Å². The van der Waals surface area contributed by atoms with E-state index in [1.165, 1.54) is 4.57 Å². The average molecular weight is 304 g/mol. The molecule has 0 fully saturated rings. The third-order valence-corrected chi connectivity index (χ3v) is 2.54. The molecule has 2 rings (SSSR count). The van der Waals surface area contributed by atoms with Crippen LogP contribution in [0.5, 0.6) is 0 Å². The van der Waals surface area contributed by atoms with Crippen LogP contribution >= 0.6 is 7.82 Å². The molecule has 0 aliphatic heterocycles. The lowest BCUT2D eigenvalue weighted by Crippen LogP contribution is -3.00. The van der Waals surface area contributed by atoms with Crippen LogP contribution in [0.15, 0.2) is 43.0 Å². The minimum absolute atomic E-state index is 0. The summed E-state index contributed by atoms with van der Waals surface area (Å²) in [6, 6.07) is 5.19. The first-order valence-electron chi connectivity index (χ1n) is 5.01. The lowest BCUT2D eigenvalue weighted by molar-refractivity contribution is -0.725. The van der Waals surface area contributed by atoms with Crippen molar-refractivity contribution < 1.29 is 35.8 Å². The molecule has 9 heteroatoms. The number of halogens is 1. The zero-order valence-electron chi connectivity index (χ0n) is 9.63. The van der Waals surface area contributed by atoms with Gasteiger partial charge in [0.05, 0.1) is 0 Å². The van der Waals surface area contributed by atoms with E-state index in [1.807, 2.05) is 0 Å². The van der Waals surface area contributed by atoms with Gasteiger partial charge in [0, 0.05) is 30.1 Å². The van der Waals surface area contributed by atoms with Gasteiger partial charge in [0.1, 0.15) is 0 Å². The molecule has 2 heterocycles. The molecule has 0 amide bonds. The summed E-state index contributed by atoms with van der Waals surface area (Å²) in [5.41, 5.74) is 0.808. The predicted octanol–water partition coefficient (Wildman–Crippen LogP) is -2.50. The van der Waals surface area contributed by atoms with Gasteiger partial charge in [0.2, 0.25) is 0 Å². The Labute approximate surface area is 115 Å². The lowest BCUT2D eigenvalue weighted by atomic mass is 10.2. The predicted molar refractivity (Wildman–Crippen MR) is 60.8 cm³/mol. The molecule has 0 saturated carbocycles. The monoisotopic (exact) mass is 303 g/mol. The summed E-state index contributed by atoms with van der Waals surface area (Å²) in [6.45, 7) is -0.222. The van der Waals surface area contributed by atoms with Crippen molar-refractivity contribution in [2.75, 3.05) is 0 Å². The molecule has 19 heavy (non-hydrogen) atoms. The Morgan fingerprint density at radius 1 is 1.21 bits per heavy atom. The number of phosphoric acid groups is 1. The number of aromatic nitrogens is 3. The molecule has 0 spiro atoms. The van der Waals surface area contributed by atoms with E-state index in [1.54, 1.807) is 43.0 Å². The third-order valence-electron chi connectivity index (χ3n) is 2.09. The van der Waals surface area contributed by atoms with Crippen molar-refractivity contribution in [2.45, 2.75) is 6.73 Å². The maximum atomic E-state index is 10.5. The number of hydrogen-bond donors (Lipinski definition) is 2.